The van der Waals surface area contributed by atoms with Gasteiger partial charge >= 0.3 is 6.03 Å². The molecule has 0 aromatic carbocycles. The van der Waals surface area contributed by atoms with Gasteiger partial charge in [-0.1, -0.05) is 6.42 Å². The van der Waals surface area contributed by atoms with Gasteiger partial charge in [0, 0.05) is 13.0 Å². The molecule has 18 heavy (non-hydrogen) atoms. The molecule has 1 saturated carbocycles. The summed E-state index contributed by atoms with van der Waals surface area (Å²) in [5.41, 5.74) is 3.95. The molecule has 0 bridgehead atoms. The Morgan fingerprint density at radius 1 is 1.33 bits per heavy atom. The van der Waals surface area contributed by atoms with Gasteiger partial charge in [0.15, 0.2) is 0 Å². The lowest BCUT2D eigenvalue weighted by Gasteiger charge is -2.44. The Morgan fingerprint density at radius 3 is 2.50 bits per heavy atom. The minimum Gasteiger partial charge on any atom is -0.370 e. The first-order valence-corrected chi connectivity index (χ1v) is 5.93. The SMILES string of the molecule is NC(=O)CCCN1C(=O)NC(=O)C2(CCC2)C1=O. The zero-order valence-corrected chi connectivity index (χ0v) is 9.90. The molecule has 1 heterocycles. The van der Waals surface area contributed by atoms with Gasteiger partial charge in [0.1, 0.15) is 5.41 Å². The molecule has 0 aromatic heterocycles. The van der Waals surface area contributed by atoms with E-state index in [1.54, 1.807) is 0 Å². The number of urea groups is 1. The molecule has 2 fully saturated rings. The van der Waals surface area contributed by atoms with E-state index in [4.69, 9.17) is 5.73 Å². The number of nitrogens with one attached hydrogen (secondary N) is 1. The van der Waals surface area contributed by atoms with Crippen LogP contribution in [0.2, 0.25) is 0 Å². The second kappa shape index (κ2) is 4.40. The molecule has 2 aliphatic rings. The number of nitrogens with zero attached hydrogens (tertiary/aromatic N) is 1. The summed E-state index contributed by atoms with van der Waals surface area (Å²) in [6.45, 7) is 0.114. The molecule has 0 unspecified atom stereocenters. The maximum absolute atomic E-state index is 12.2. The van der Waals surface area contributed by atoms with E-state index in [1.807, 2.05) is 0 Å². The van der Waals surface area contributed by atoms with E-state index in [1.165, 1.54) is 0 Å². The molecule has 7 nitrogen and oxygen atoms in total. The summed E-state index contributed by atoms with van der Waals surface area (Å²) >= 11 is 0. The average molecular weight is 253 g/mol. The van der Waals surface area contributed by atoms with Crippen LogP contribution in [0.4, 0.5) is 4.79 Å². The normalized spacial score (nSPS) is 21.8. The molecule has 1 saturated heterocycles. The molecule has 3 N–H and O–H groups in total. The molecule has 0 atom stereocenters. The van der Waals surface area contributed by atoms with Crippen LogP contribution in [-0.4, -0.2) is 35.2 Å². The highest BCUT2D eigenvalue weighted by Gasteiger charge is 2.57. The second-order valence-electron chi connectivity index (χ2n) is 4.72. The third-order valence-corrected chi connectivity index (χ3v) is 3.57. The van der Waals surface area contributed by atoms with Crippen LogP contribution in [0.15, 0.2) is 0 Å². The van der Waals surface area contributed by atoms with Crippen molar-refractivity contribution in [3.63, 3.8) is 0 Å². The first-order valence-electron chi connectivity index (χ1n) is 5.93. The predicted octanol–water partition coefficient (Wildman–Crippen LogP) is -0.499. The minimum atomic E-state index is -1.04. The predicted molar refractivity (Wildman–Crippen MR) is 60.0 cm³/mol. The Labute approximate surface area is 104 Å². The molecule has 7 heteroatoms. The molecule has 0 aromatic rings. The highest BCUT2D eigenvalue weighted by atomic mass is 16.2. The van der Waals surface area contributed by atoms with E-state index >= 15 is 0 Å². The Kier molecular flexibility index (Phi) is 3.06. The number of imide groups is 2. The minimum absolute atomic E-state index is 0.109. The fourth-order valence-corrected chi connectivity index (χ4v) is 2.32. The van der Waals surface area contributed by atoms with Crippen molar-refractivity contribution in [1.82, 2.24) is 10.2 Å². The average Bonchev–Trinajstić information content (AvgIpc) is 2.20. The van der Waals surface area contributed by atoms with Gasteiger partial charge in [0.2, 0.25) is 17.7 Å². The van der Waals surface area contributed by atoms with E-state index in [0.717, 1.165) is 11.3 Å². The molecule has 0 radical (unpaired) electrons. The standard InChI is InChI=1S/C11H15N3O4/c12-7(15)3-1-6-14-9(17)11(4-2-5-11)8(16)13-10(14)18/h1-6H2,(H2,12,15)(H,13,16,18). The van der Waals surface area contributed by atoms with Crippen molar-refractivity contribution >= 4 is 23.8 Å². The summed E-state index contributed by atoms with van der Waals surface area (Å²) in [7, 11) is 0. The molecular formula is C11H15N3O4. The summed E-state index contributed by atoms with van der Waals surface area (Å²) < 4.78 is 0. The lowest BCUT2D eigenvalue weighted by atomic mass is 9.66. The number of nitrogens with two attached hydrogens (primary N) is 1. The van der Waals surface area contributed by atoms with E-state index in [-0.39, 0.29) is 13.0 Å². The van der Waals surface area contributed by atoms with Crippen LogP contribution in [0.25, 0.3) is 0 Å². The summed E-state index contributed by atoms with van der Waals surface area (Å²) in [4.78, 5) is 47.1. The molecule has 2 rings (SSSR count). The maximum Gasteiger partial charge on any atom is 0.330 e. The quantitative estimate of drug-likeness (QED) is 0.658. The third kappa shape index (κ3) is 1.85. The van der Waals surface area contributed by atoms with E-state index < -0.39 is 29.2 Å². The molecule has 1 aliphatic heterocycles. The number of primary amides is 1. The molecule has 98 valence electrons. The fraction of sp³-hybridized carbons (Fsp3) is 0.636. The zero-order chi connectivity index (χ0) is 13.3. The first kappa shape index (κ1) is 12.5. The number of barbiturate groups is 1. The Hall–Kier alpha value is -1.92. The van der Waals surface area contributed by atoms with Crippen LogP contribution in [0.5, 0.6) is 0 Å². The third-order valence-electron chi connectivity index (χ3n) is 3.57. The van der Waals surface area contributed by atoms with Gasteiger partial charge in [-0.05, 0) is 19.3 Å². The van der Waals surface area contributed by atoms with Gasteiger partial charge in [0.05, 0.1) is 0 Å². The number of hydrogen-bond donors (Lipinski definition) is 2. The van der Waals surface area contributed by atoms with Crippen molar-refractivity contribution in [1.29, 1.82) is 0 Å². The fourth-order valence-electron chi connectivity index (χ4n) is 2.32. The molecule has 5 amide bonds. The summed E-state index contributed by atoms with van der Waals surface area (Å²) in [5, 5.41) is 2.20. The van der Waals surface area contributed by atoms with Gasteiger partial charge in [-0.3, -0.25) is 24.6 Å². The van der Waals surface area contributed by atoms with Gasteiger partial charge in [-0.25, -0.2) is 4.79 Å². The van der Waals surface area contributed by atoms with Crippen molar-refractivity contribution in [3.8, 4) is 0 Å². The number of amides is 5. The number of carbonyl (C=O) groups excluding carboxylic acids is 4. The Bertz CT molecular complexity index is 428. The van der Waals surface area contributed by atoms with Gasteiger partial charge in [-0.2, -0.15) is 0 Å². The topological polar surface area (TPSA) is 110 Å². The van der Waals surface area contributed by atoms with Gasteiger partial charge in [0.25, 0.3) is 0 Å². The van der Waals surface area contributed by atoms with E-state index in [0.29, 0.717) is 19.3 Å². The molecule has 1 spiro atoms. The van der Waals surface area contributed by atoms with Crippen LogP contribution >= 0.6 is 0 Å². The van der Waals surface area contributed by atoms with Gasteiger partial charge < -0.3 is 5.73 Å². The number of carbonyl (C=O) groups is 4. The van der Waals surface area contributed by atoms with Crippen molar-refractivity contribution in [2.45, 2.75) is 32.1 Å². The molecular weight excluding hydrogens is 238 g/mol. The van der Waals surface area contributed by atoms with E-state index in [9.17, 15) is 19.2 Å². The van der Waals surface area contributed by atoms with Crippen molar-refractivity contribution in [2.75, 3.05) is 6.54 Å². The van der Waals surface area contributed by atoms with Crippen LogP contribution in [-0.2, 0) is 14.4 Å². The van der Waals surface area contributed by atoms with Crippen LogP contribution < -0.4 is 11.1 Å². The van der Waals surface area contributed by atoms with Crippen LogP contribution in [0, 0.1) is 5.41 Å². The smallest absolute Gasteiger partial charge is 0.330 e. The number of rotatable bonds is 4. The van der Waals surface area contributed by atoms with Gasteiger partial charge in [-0.15, -0.1) is 0 Å². The zero-order valence-electron chi connectivity index (χ0n) is 9.90. The molecule has 1 aliphatic carbocycles. The Balaban J connectivity index is 2.05. The highest BCUT2D eigenvalue weighted by molar-refractivity contribution is 6.19. The Morgan fingerprint density at radius 2 is 2.00 bits per heavy atom. The van der Waals surface area contributed by atoms with Crippen LogP contribution in [0.3, 0.4) is 0 Å². The lowest BCUT2D eigenvalue weighted by Crippen LogP contribution is -2.66. The van der Waals surface area contributed by atoms with Crippen LogP contribution in [0.1, 0.15) is 32.1 Å². The van der Waals surface area contributed by atoms with Crippen molar-refractivity contribution in [2.24, 2.45) is 11.1 Å². The first-order chi connectivity index (χ1) is 8.47. The van der Waals surface area contributed by atoms with Crippen molar-refractivity contribution in [3.05, 3.63) is 0 Å². The summed E-state index contributed by atoms with van der Waals surface area (Å²) in [6, 6.07) is -0.702. The van der Waals surface area contributed by atoms with Crippen molar-refractivity contribution < 1.29 is 19.2 Å². The largest absolute Gasteiger partial charge is 0.370 e. The lowest BCUT2D eigenvalue weighted by molar-refractivity contribution is -0.157. The highest BCUT2D eigenvalue weighted by Crippen LogP contribution is 2.44. The monoisotopic (exact) mass is 253 g/mol. The number of hydrogen-bond acceptors (Lipinski definition) is 4. The van der Waals surface area contributed by atoms with E-state index in [2.05, 4.69) is 5.32 Å². The summed E-state index contributed by atoms with van der Waals surface area (Å²) in [6.07, 6.45) is 2.20. The second-order valence-corrected chi connectivity index (χ2v) is 4.72. The summed E-state index contributed by atoms with van der Waals surface area (Å²) in [5.74, 6) is -1.41. The maximum atomic E-state index is 12.2.